The van der Waals surface area contributed by atoms with Crippen molar-refractivity contribution in [2.45, 2.75) is 11.8 Å². The van der Waals surface area contributed by atoms with E-state index in [0.717, 1.165) is 5.56 Å². The van der Waals surface area contributed by atoms with Crippen LogP contribution >= 0.6 is 22.7 Å². The molecular weight excluding hydrogens is 394 g/mol. The predicted octanol–water partition coefficient (Wildman–Crippen LogP) is 2.89. The Kier molecular flexibility index (Phi) is 5.67. The van der Waals surface area contributed by atoms with Crippen LogP contribution in [0.15, 0.2) is 51.4 Å². The molecule has 0 saturated carbocycles. The molecule has 0 saturated heterocycles. The van der Waals surface area contributed by atoms with Crippen molar-refractivity contribution in [2.24, 2.45) is 0 Å². The fourth-order valence-electron chi connectivity index (χ4n) is 2.01. The average molecular weight is 410 g/mol. The van der Waals surface area contributed by atoms with Crippen LogP contribution in [0.1, 0.15) is 17.4 Å². The highest BCUT2D eigenvalue weighted by Gasteiger charge is 2.17. The number of rotatable bonds is 7. The highest BCUT2D eigenvalue weighted by Crippen LogP contribution is 2.25. The summed E-state index contributed by atoms with van der Waals surface area (Å²) in [7, 11) is -3.89. The van der Waals surface area contributed by atoms with Crippen LogP contribution in [0.3, 0.4) is 0 Å². The third-order valence-electron chi connectivity index (χ3n) is 3.25. The third kappa shape index (κ3) is 4.28. The zero-order valence-electron chi connectivity index (χ0n) is 13.6. The van der Waals surface area contributed by atoms with E-state index in [-0.39, 0.29) is 10.6 Å². The molecule has 0 atom stereocenters. The lowest BCUT2D eigenvalue weighted by molar-refractivity contribution is 0.0941. The summed E-state index contributed by atoms with van der Waals surface area (Å²) in [4.78, 5) is 18.4. The highest BCUT2D eigenvalue weighted by atomic mass is 32.2. The Balaban J connectivity index is 1.64. The van der Waals surface area contributed by atoms with Crippen molar-refractivity contribution < 1.29 is 17.9 Å². The van der Waals surface area contributed by atoms with E-state index >= 15 is 0 Å². The maximum Gasteiger partial charge on any atom is 0.285 e. The summed E-state index contributed by atoms with van der Waals surface area (Å²) < 4.78 is 29.8. The van der Waals surface area contributed by atoms with Gasteiger partial charge in [-0.1, -0.05) is 0 Å². The normalized spacial score (nSPS) is 11.3. The molecule has 1 aromatic carbocycles. The monoisotopic (exact) mass is 409 g/mol. The molecule has 0 unspecified atom stereocenters. The lowest BCUT2D eigenvalue weighted by Gasteiger charge is -2.08. The molecule has 2 N–H and O–H groups in total. The van der Waals surface area contributed by atoms with Crippen molar-refractivity contribution in [3.63, 3.8) is 0 Å². The van der Waals surface area contributed by atoms with Gasteiger partial charge in [0.15, 0.2) is 0 Å². The first-order valence-electron chi connectivity index (χ1n) is 7.52. The second-order valence-corrected chi connectivity index (χ2v) is 8.33. The van der Waals surface area contributed by atoms with E-state index in [1.807, 2.05) is 23.8 Å². The molecule has 2 heterocycles. The molecule has 1 amide bonds. The number of hydrogen-bond acceptors (Lipinski definition) is 7. The minimum atomic E-state index is -3.89. The fourth-order valence-corrected chi connectivity index (χ4v) is 4.37. The largest absolute Gasteiger partial charge is 0.494 e. The van der Waals surface area contributed by atoms with E-state index < -0.39 is 15.9 Å². The molecule has 3 aromatic rings. The van der Waals surface area contributed by atoms with E-state index in [0.29, 0.717) is 17.4 Å². The molecule has 136 valence electrons. The summed E-state index contributed by atoms with van der Waals surface area (Å²) in [6, 6.07) is 7.80. The summed E-state index contributed by atoms with van der Waals surface area (Å²) in [5.74, 6) is -0.0591. The standard InChI is InChI=1S/C16H15N3O4S3/c1-2-23-12-3-5-13(6-4-12)26(21,22)19-18-15(20)14-10-25-16(17-14)11-7-8-24-9-11/h3-10,19H,2H2,1H3,(H,18,20). The van der Waals surface area contributed by atoms with E-state index in [2.05, 4.69) is 15.2 Å². The van der Waals surface area contributed by atoms with Crippen LogP contribution in [-0.4, -0.2) is 25.9 Å². The molecular formula is C16H15N3O4S3. The highest BCUT2D eigenvalue weighted by molar-refractivity contribution is 7.89. The minimum absolute atomic E-state index is 0.0125. The van der Waals surface area contributed by atoms with Gasteiger partial charge in [0.2, 0.25) is 0 Å². The van der Waals surface area contributed by atoms with Gasteiger partial charge in [-0.05, 0) is 42.6 Å². The number of hydrazine groups is 1. The van der Waals surface area contributed by atoms with E-state index in [9.17, 15) is 13.2 Å². The molecule has 10 heteroatoms. The molecule has 0 spiro atoms. The van der Waals surface area contributed by atoms with Gasteiger partial charge >= 0.3 is 0 Å². The molecule has 0 radical (unpaired) electrons. The number of carbonyl (C=O) groups is 1. The van der Waals surface area contributed by atoms with Gasteiger partial charge < -0.3 is 4.74 Å². The first-order chi connectivity index (χ1) is 12.5. The van der Waals surface area contributed by atoms with Crippen molar-refractivity contribution in [3.05, 3.63) is 52.2 Å². The van der Waals surface area contributed by atoms with Crippen LogP contribution in [0.2, 0.25) is 0 Å². The van der Waals surface area contributed by atoms with E-state index in [4.69, 9.17) is 4.74 Å². The van der Waals surface area contributed by atoms with Gasteiger partial charge in [-0.3, -0.25) is 10.2 Å². The van der Waals surface area contributed by atoms with Crippen LogP contribution in [0.4, 0.5) is 0 Å². The fraction of sp³-hybridized carbons (Fsp3) is 0.125. The molecule has 0 bridgehead atoms. The Morgan fingerprint density at radius 2 is 1.96 bits per heavy atom. The number of benzene rings is 1. The van der Waals surface area contributed by atoms with Gasteiger partial charge in [0, 0.05) is 16.3 Å². The molecule has 0 aliphatic heterocycles. The molecule has 2 aromatic heterocycles. The number of thiazole rings is 1. The first kappa shape index (κ1) is 18.5. The van der Waals surface area contributed by atoms with Gasteiger partial charge in [0.1, 0.15) is 16.5 Å². The Morgan fingerprint density at radius 1 is 1.19 bits per heavy atom. The Morgan fingerprint density at radius 3 is 2.62 bits per heavy atom. The molecule has 0 fully saturated rings. The van der Waals surface area contributed by atoms with Crippen molar-refractivity contribution in [1.82, 2.24) is 15.2 Å². The third-order valence-corrected chi connectivity index (χ3v) is 6.09. The van der Waals surface area contributed by atoms with Crippen molar-refractivity contribution in [2.75, 3.05) is 6.61 Å². The topological polar surface area (TPSA) is 97.4 Å². The number of nitrogens with one attached hydrogen (secondary N) is 2. The van der Waals surface area contributed by atoms with Crippen LogP contribution in [0.25, 0.3) is 10.6 Å². The number of thiophene rings is 1. The number of aromatic nitrogens is 1. The minimum Gasteiger partial charge on any atom is -0.494 e. The molecule has 0 aliphatic rings. The second-order valence-electron chi connectivity index (χ2n) is 5.01. The maximum absolute atomic E-state index is 12.2. The smallest absolute Gasteiger partial charge is 0.285 e. The molecule has 0 aliphatic carbocycles. The number of nitrogens with zero attached hydrogens (tertiary/aromatic N) is 1. The number of ether oxygens (including phenoxy) is 1. The predicted molar refractivity (Wildman–Crippen MR) is 101 cm³/mol. The number of hydrogen-bond donors (Lipinski definition) is 2. The van der Waals surface area contributed by atoms with Gasteiger partial charge in [0.05, 0.1) is 11.5 Å². The SMILES string of the molecule is CCOc1ccc(S(=O)(=O)NNC(=O)c2csc(-c3ccsc3)n2)cc1. The average Bonchev–Trinajstić information content (AvgIpc) is 3.32. The van der Waals surface area contributed by atoms with Crippen LogP contribution < -0.4 is 15.0 Å². The first-order valence-corrected chi connectivity index (χ1v) is 10.8. The van der Waals surface area contributed by atoms with Gasteiger partial charge in [0.25, 0.3) is 15.9 Å². The van der Waals surface area contributed by atoms with Crippen molar-refractivity contribution in [3.8, 4) is 16.3 Å². The van der Waals surface area contributed by atoms with Gasteiger partial charge in [-0.15, -0.1) is 16.2 Å². The zero-order chi connectivity index (χ0) is 18.6. The van der Waals surface area contributed by atoms with Crippen molar-refractivity contribution in [1.29, 1.82) is 0 Å². The van der Waals surface area contributed by atoms with Crippen molar-refractivity contribution >= 4 is 38.6 Å². The lowest BCUT2D eigenvalue weighted by atomic mass is 10.3. The van der Waals surface area contributed by atoms with Gasteiger partial charge in [-0.2, -0.15) is 11.3 Å². The Bertz CT molecular complexity index is 980. The summed E-state index contributed by atoms with van der Waals surface area (Å²) in [5.41, 5.74) is 3.24. The summed E-state index contributed by atoms with van der Waals surface area (Å²) >= 11 is 2.85. The van der Waals surface area contributed by atoms with Crippen LogP contribution in [-0.2, 0) is 10.0 Å². The van der Waals surface area contributed by atoms with Crippen LogP contribution in [0.5, 0.6) is 5.75 Å². The molecule has 3 rings (SSSR count). The van der Waals surface area contributed by atoms with Gasteiger partial charge in [-0.25, -0.2) is 13.4 Å². The van der Waals surface area contributed by atoms with E-state index in [1.165, 1.54) is 34.8 Å². The Labute approximate surface area is 158 Å². The quantitative estimate of drug-likeness (QED) is 0.585. The maximum atomic E-state index is 12.2. The lowest BCUT2D eigenvalue weighted by Crippen LogP contribution is -2.41. The molecule has 7 nitrogen and oxygen atoms in total. The number of sulfonamides is 1. The summed E-state index contributed by atoms with van der Waals surface area (Å²) in [6.45, 7) is 2.32. The number of carbonyl (C=O) groups excluding carboxylic acids is 1. The number of amides is 1. The second kappa shape index (κ2) is 7.96. The van der Waals surface area contributed by atoms with E-state index in [1.54, 1.807) is 17.5 Å². The summed E-state index contributed by atoms with van der Waals surface area (Å²) in [5, 5.41) is 6.12. The Hall–Kier alpha value is -2.27. The molecule has 26 heavy (non-hydrogen) atoms. The summed E-state index contributed by atoms with van der Waals surface area (Å²) in [6.07, 6.45) is 0. The van der Waals surface area contributed by atoms with Crippen LogP contribution in [0, 0.1) is 0 Å². The zero-order valence-corrected chi connectivity index (χ0v) is 16.1.